The van der Waals surface area contributed by atoms with E-state index >= 15 is 0 Å². The Morgan fingerprint density at radius 1 is 1.39 bits per heavy atom. The number of hydrogen-bond acceptors (Lipinski definition) is 3. The molecule has 1 unspecified atom stereocenters. The van der Waals surface area contributed by atoms with Gasteiger partial charge in [0.15, 0.2) is 0 Å². The average molecular weight is 266 g/mol. The van der Waals surface area contributed by atoms with Crippen LogP contribution >= 0.6 is 11.3 Å². The molecule has 0 aromatic carbocycles. The third kappa shape index (κ3) is 3.12. The van der Waals surface area contributed by atoms with E-state index in [1.54, 1.807) is 0 Å². The number of hydrogen-bond donors (Lipinski definition) is 1. The van der Waals surface area contributed by atoms with Crippen molar-refractivity contribution in [3.05, 3.63) is 15.6 Å². The van der Waals surface area contributed by atoms with Crippen LogP contribution in [-0.4, -0.2) is 11.5 Å². The third-order valence-electron chi connectivity index (χ3n) is 3.69. The Bertz CT molecular complexity index is 395. The maximum atomic E-state index is 4.89. The topological polar surface area (TPSA) is 24.9 Å². The van der Waals surface area contributed by atoms with Crippen LogP contribution in [0.1, 0.15) is 68.6 Å². The molecule has 0 spiro atoms. The first-order chi connectivity index (χ1) is 8.55. The Balaban J connectivity index is 2.21. The fourth-order valence-corrected chi connectivity index (χ4v) is 4.03. The maximum absolute atomic E-state index is 4.89. The molecule has 102 valence electrons. The van der Waals surface area contributed by atoms with E-state index in [1.807, 2.05) is 11.3 Å². The van der Waals surface area contributed by atoms with E-state index in [0.717, 1.165) is 19.4 Å². The van der Waals surface area contributed by atoms with Crippen molar-refractivity contribution in [1.82, 2.24) is 10.3 Å². The number of rotatable bonds is 5. The van der Waals surface area contributed by atoms with Crippen LogP contribution in [0.25, 0.3) is 0 Å². The smallest absolute Gasteiger partial charge is 0.0931 e. The quantitative estimate of drug-likeness (QED) is 0.867. The van der Waals surface area contributed by atoms with Crippen LogP contribution in [0.3, 0.4) is 0 Å². The van der Waals surface area contributed by atoms with Gasteiger partial charge in [-0.2, -0.15) is 0 Å². The van der Waals surface area contributed by atoms with Gasteiger partial charge in [0.2, 0.25) is 0 Å². The average Bonchev–Trinajstić information content (AvgIpc) is 2.68. The zero-order valence-electron chi connectivity index (χ0n) is 12.2. The van der Waals surface area contributed by atoms with Gasteiger partial charge in [0.05, 0.1) is 10.7 Å². The van der Waals surface area contributed by atoms with Gasteiger partial charge in [-0.05, 0) is 37.6 Å². The normalized spacial score (nSPS) is 21.9. The minimum atomic E-state index is 0.385. The van der Waals surface area contributed by atoms with E-state index in [9.17, 15) is 0 Å². The van der Waals surface area contributed by atoms with Crippen molar-refractivity contribution in [2.45, 2.75) is 65.8 Å². The number of unbranched alkanes of at least 4 members (excludes halogenated alkanes) is 1. The van der Waals surface area contributed by atoms with Crippen molar-refractivity contribution in [2.24, 2.45) is 5.41 Å². The Kier molecular flexibility index (Phi) is 4.44. The molecule has 0 saturated heterocycles. The van der Waals surface area contributed by atoms with E-state index in [2.05, 4.69) is 33.0 Å². The largest absolute Gasteiger partial charge is 0.309 e. The second-order valence-electron chi connectivity index (χ2n) is 6.18. The molecule has 3 heteroatoms. The maximum Gasteiger partial charge on any atom is 0.0931 e. The van der Waals surface area contributed by atoms with Gasteiger partial charge < -0.3 is 5.32 Å². The van der Waals surface area contributed by atoms with Crippen LogP contribution in [0.2, 0.25) is 0 Å². The standard InChI is InChI=1S/C15H26N2S/c1-5-7-8-13-17-12-10-15(3,4)9-11(16-6-2)14(12)18-13/h11,16H,5-10H2,1-4H3. The second-order valence-corrected chi connectivity index (χ2v) is 7.29. The van der Waals surface area contributed by atoms with Crippen LogP contribution < -0.4 is 5.32 Å². The molecular weight excluding hydrogens is 240 g/mol. The fourth-order valence-electron chi connectivity index (χ4n) is 2.83. The second kappa shape index (κ2) is 5.70. The van der Waals surface area contributed by atoms with Gasteiger partial charge in [-0.3, -0.25) is 0 Å². The monoisotopic (exact) mass is 266 g/mol. The van der Waals surface area contributed by atoms with Crippen molar-refractivity contribution >= 4 is 11.3 Å². The minimum absolute atomic E-state index is 0.385. The molecule has 1 aromatic heterocycles. The summed E-state index contributed by atoms with van der Waals surface area (Å²) in [6.07, 6.45) is 6.07. The first-order valence-corrected chi connectivity index (χ1v) is 8.09. The minimum Gasteiger partial charge on any atom is -0.309 e. The summed E-state index contributed by atoms with van der Waals surface area (Å²) in [5.74, 6) is 0. The van der Waals surface area contributed by atoms with E-state index in [0.29, 0.717) is 11.5 Å². The summed E-state index contributed by atoms with van der Waals surface area (Å²) in [6, 6.07) is 0.529. The van der Waals surface area contributed by atoms with Crippen molar-refractivity contribution in [3.8, 4) is 0 Å². The van der Waals surface area contributed by atoms with Crippen LogP contribution in [0.4, 0.5) is 0 Å². The molecule has 1 atom stereocenters. The molecule has 0 amide bonds. The van der Waals surface area contributed by atoms with Crippen LogP contribution in [0.15, 0.2) is 0 Å². The summed E-state index contributed by atoms with van der Waals surface area (Å²) in [6.45, 7) is 10.2. The van der Waals surface area contributed by atoms with E-state index in [-0.39, 0.29) is 0 Å². The SMILES string of the molecule is CCCCc1nc2c(s1)C(NCC)CC(C)(C)C2. The summed E-state index contributed by atoms with van der Waals surface area (Å²) in [5.41, 5.74) is 1.75. The molecular formula is C15H26N2S. The molecule has 0 fully saturated rings. The number of aromatic nitrogens is 1. The summed E-state index contributed by atoms with van der Waals surface area (Å²) >= 11 is 1.95. The Hall–Kier alpha value is -0.410. The number of thiazole rings is 1. The van der Waals surface area contributed by atoms with Crippen molar-refractivity contribution in [1.29, 1.82) is 0 Å². The third-order valence-corrected chi connectivity index (χ3v) is 4.96. The summed E-state index contributed by atoms with van der Waals surface area (Å²) in [7, 11) is 0. The van der Waals surface area contributed by atoms with E-state index in [4.69, 9.17) is 4.98 Å². The molecule has 2 rings (SSSR count). The van der Waals surface area contributed by atoms with Gasteiger partial charge in [0.1, 0.15) is 0 Å². The van der Waals surface area contributed by atoms with Crippen molar-refractivity contribution < 1.29 is 0 Å². The molecule has 1 aliphatic rings. The summed E-state index contributed by atoms with van der Waals surface area (Å²) in [4.78, 5) is 6.41. The molecule has 2 nitrogen and oxygen atoms in total. The molecule has 1 aliphatic carbocycles. The number of nitrogens with zero attached hydrogens (tertiary/aromatic N) is 1. The van der Waals surface area contributed by atoms with Crippen molar-refractivity contribution in [3.63, 3.8) is 0 Å². The molecule has 1 heterocycles. The van der Waals surface area contributed by atoms with Gasteiger partial charge in [0, 0.05) is 10.9 Å². The first kappa shape index (κ1) is 14.0. The highest BCUT2D eigenvalue weighted by Crippen LogP contribution is 2.43. The van der Waals surface area contributed by atoms with E-state index in [1.165, 1.54) is 34.8 Å². The van der Waals surface area contributed by atoms with Gasteiger partial charge >= 0.3 is 0 Å². The van der Waals surface area contributed by atoms with Gasteiger partial charge in [-0.25, -0.2) is 4.98 Å². The number of nitrogens with one attached hydrogen (secondary N) is 1. The summed E-state index contributed by atoms with van der Waals surface area (Å²) in [5, 5.41) is 4.99. The molecule has 0 radical (unpaired) electrons. The molecule has 0 saturated carbocycles. The molecule has 18 heavy (non-hydrogen) atoms. The predicted molar refractivity (Wildman–Crippen MR) is 79.2 cm³/mol. The lowest BCUT2D eigenvalue weighted by molar-refractivity contribution is 0.260. The lowest BCUT2D eigenvalue weighted by Gasteiger charge is -2.34. The van der Waals surface area contributed by atoms with Crippen LogP contribution in [0.5, 0.6) is 0 Å². The predicted octanol–water partition coefficient (Wildman–Crippen LogP) is 4.11. The fraction of sp³-hybridized carbons (Fsp3) is 0.800. The van der Waals surface area contributed by atoms with Crippen LogP contribution in [0, 0.1) is 5.41 Å². The Morgan fingerprint density at radius 2 is 2.17 bits per heavy atom. The molecule has 0 bridgehead atoms. The van der Waals surface area contributed by atoms with Crippen molar-refractivity contribution in [2.75, 3.05) is 6.54 Å². The lowest BCUT2D eigenvalue weighted by atomic mass is 9.76. The van der Waals surface area contributed by atoms with E-state index < -0.39 is 0 Å². The highest BCUT2D eigenvalue weighted by Gasteiger charge is 2.34. The number of aryl methyl sites for hydroxylation is 1. The zero-order chi connectivity index (χ0) is 13.2. The first-order valence-electron chi connectivity index (χ1n) is 7.27. The summed E-state index contributed by atoms with van der Waals surface area (Å²) < 4.78 is 0. The lowest BCUT2D eigenvalue weighted by Crippen LogP contribution is -2.32. The van der Waals surface area contributed by atoms with Crippen LogP contribution in [-0.2, 0) is 12.8 Å². The number of fused-ring (bicyclic) bond motifs is 1. The Morgan fingerprint density at radius 3 is 2.83 bits per heavy atom. The Labute approximate surface area is 115 Å². The van der Waals surface area contributed by atoms with Gasteiger partial charge in [-0.15, -0.1) is 11.3 Å². The highest BCUT2D eigenvalue weighted by molar-refractivity contribution is 7.11. The molecule has 0 aliphatic heterocycles. The van der Waals surface area contributed by atoms with Gasteiger partial charge in [0.25, 0.3) is 0 Å². The highest BCUT2D eigenvalue weighted by atomic mass is 32.1. The van der Waals surface area contributed by atoms with Gasteiger partial charge in [-0.1, -0.05) is 34.1 Å². The zero-order valence-corrected chi connectivity index (χ0v) is 13.0. The molecule has 1 N–H and O–H groups in total. The molecule has 1 aromatic rings.